The Labute approximate surface area is 64.0 Å². The van der Waals surface area contributed by atoms with Gasteiger partial charge in [0.15, 0.2) is 0 Å². The Morgan fingerprint density at radius 2 is 2.64 bits per heavy atom. The molecule has 1 fully saturated rings. The monoisotopic (exact) mass is 155 g/mol. The first-order chi connectivity index (χ1) is 5.24. The summed E-state index contributed by atoms with van der Waals surface area (Å²) in [5.41, 5.74) is 8.00. The average molecular weight is 155 g/mol. The van der Waals surface area contributed by atoms with Gasteiger partial charge < -0.3 is 4.74 Å². The van der Waals surface area contributed by atoms with Gasteiger partial charge in [-0.2, -0.15) is 0 Å². The van der Waals surface area contributed by atoms with Crippen LogP contribution in [0.3, 0.4) is 0 Å². The minimum Gasteiger partial charge on any atom is -0.462 e. The SMILES string of the molecule is C[C@H]1CC(=O)O[C@@H]1CN=[N+]=[N-]. The quantitative estimate of drug-likeness (QED) is 0.260. The Hall–Kier alpha value is -1.22. The number of hydrogen-bond acceptors (Lipinski definition) is 3. The average Bonchev–Trinajstić information content (AvgIpc) is 2.26. The van der Waals surface area contributed by atoms with Crippen molar-refractivity contribution < 1.29 is 9.53 Å². The third-order valence-electron chi connectivity index (χ3n) is 1.73. The van der Waals surface area contributed by atoms with Gasteiger partial charge in [0.1, 0.15) is 6.10 Å². The van der Waals surface area contributed by atoms with Crippen LogP contribution in [0, 0.1) is 5.92 Å². The molecule has 1 saturated heterocycles. The first-order valence-electron chi connectivity index (χ1n) is 3.44. The van der Waals surface area contributed by atoms with Crippen molar-refractivity contribution in [2.45, 2.75) is 19.4 Å². The molecule has 11 heavy (non-hydrogen) atoms. The molecule has 60 valence electrons. The molecule has 0 radical (unpaired) electrons. The zero-order valence-corrected chi connectivity index (χ0v) is 6.23. The Bertz CT molecular complexity index is 210. The van der Waals surface area contributed by atoms with E-state index < -0.39 is 0 Å². The lowest BCUT2D eigenvalue weighted by molar-refractivity contribution is -0.141. The highest BCUT2D eigenvalue weighted by molar-refractivity contribution is 5.72. The van der Waals surface area contributed by atoms with Gasteiger partial charge in [0, 0.05) is 10.8 Å². The molecule has 0 aromatic rings. The van der Waals surface area contributed by atoms with Crippen LogP contribution in [0.25, 0.3) is 10.4 Å². The molecule has 0 aromatic carbocycles. The van der Waals surface area contributed by atoms with Crippen molar-refractivity contribution in [2.75, 3.05) is 6.54 Å². The van der Waals surface area contributed by atoms with E-state index in [2.05, 4.69) is 10.0 Å². The number of cyclic esters (lactones) is 1. The van der Waals surface area contributed by atoms with Crippen LogP contribution in [-0.4, -0.2) is 18.6 Å². The largest absolute Gasteiger partial charge is 0.462 e. The van der Waals surface area contributed by atoms with E-state index in [1.165, 1.54) is 0 Å². The van der Waals surface area contributed by atoms with Crippen LogP contribution in [0.5, 0.6) is 0 Å². The molecule has 1 aliphatic rings. The highest BCUT2D eigenvalue weighted by Crippen LogP contribution is 2.21. The van der Waals surface area contributed by atoms with Gasteiger partial charge in [-0.3, -0.25) is 4.79 Å². The summed E-state index contributed by atoms with van der Waals surface area (Å²) in [6.07, 6.45) is 0.226. The van der Waals surface area contributed by atoms with Crippen molar-refractivity contribution in [3.8, 4) is 0 Å². The lowest BCUT2D eigenvalue weighted by Gasteiger charge is -2.08. The lowest BCUT2D eigenvalue weighted by atomic mass is 10.0. The molecule has 0 unspecified atom stereocenters. The first kappa shape index (κ1) is 7.88. The van der Waals surface area contributed by atoms with Gasteiger partial charge >= 0.3 is 5.97 Å². The molecule has 0 spiro atoms. The molecule has 5 heteroatoms. The molecule has 1 rings (SSSR count). The van der Waals surface area contributed by atoms with Crippen LogP contribution >= 0.6 is 0 Å². The van der Waals surface area contributed by atoms with E-state index in [1.54, 1.807) is 0 Å². The maximum Gasteiger partial charge on any atom is 0.306 e. The Balaban J connectivity index is 2.46. The third-order valence-corrected chi connectivity index (χ3v) is 1.73. The van der Waals surface area contributed by atoms with E-state index in [0.717, 1.165) is 0 Å². The molecule has 0 N–H and O–H groups in total. The maximum atomic E-state index is 10.7. The van der Waals surface area contributed by atoms with Crippen molar-refractivity contribution in [3.05, 3.63) is 10.4 Å². The fourth-order valence-electron chi connectivity index (χ4n) is 1.06. The summed E-state index contributed by atoms with van der Waals surface area (Å²) in [5.74, 6) is -0.0244. The molecule has 0 aliphatic carbocycles. The highest BCUT2D eigenvalue weighted by atomic mass is 16.6. The molecule has 0 aromatic heterocycles. The highest BCUT2D eigenvalue weighted by Gasteiger charge is 2.30. The van der Waals surface area contributed by atoms with Crippen LogP contribution in [0.4, 0.5) is 0 Å². The summed E-state index contributed by atoms with van der Waals surface area (Å²) in [6.45, 7) is 2.16. The van der Waals surface area contributed by atoms with Crippen molar-refractivity contribution in [1.29, 1.82) is 0 Å². The fourth-order valence-corrected chi connectivity index (χ4v) is 1.06. The molecular formula is C6H9N3O2. The predicted molar refractivity (Wildman–Crippen MR) is 37.7 cm³/mol. The van der Waals surface area contributed by atoms with Gasteiger partial charge in [0.05, 0.1) is 13.0 Å². The molecule has 0 saturated carbocycles. The number of hydrogen-bond donors (Lipinski definition) is 0. The summed E-state index contributed by atoms with van der Waals surface area (Å²) in [5, 5.41) is 3.34. The zero-order chi connectivity index (χ0) is 8.27. The number of esters is 1. The van der Waals surface area contributed by atoms with E-state index in [9.17, 15) is 4.79 Å². The minimum atomic E-state index is -0.210. The molecule has 2 atom stereocenters. The van der Waals surface area contributed by atoms with Crippen LogP contribution in [-0.2, 0) is 9.53 Å². The fraction of sp³-hybridized carbons (Fsp3) is 0.833. The Morgan fingerprint density at radius 3 is 3.09 bits per heavy atom. The predicted octanol–water partition coefficient (Wildman–Crippen LogP) is 1.25. The number of ether oxygens (including phenoxy) is 1. The molecule has 5 nitrogen and oxygen atoms in total. The summed E-state index contributed by atoms with van der Waals surface area (Å²) < 4.78 is 4.87. The maximum absolute atomic E-state index is 10.7. The number of carbonyl (C=O) groups excluding carboxylic acids is 1. The van der Waals surface area contributed by atoms with E-state index in [1.807, 2.05) is 6.92 Å². The van der Waals surface area contributed by atoms with Crippen molar-refractivity contribution in [3.63, 3.8) is 0 Å². The second-order valence-corrected chi connectivity index (χ2v) is 2.62. The summed E-state index contributed by atoms with van der Waals surface area (Å²) in [7, 11) is 0. The van der Waals surface area contributed by atoms with E-state index >= 15 is 0 Å². The minimum absolute atomic E-state index is 0.174. The van der Waals surface area contributed by atoms with Crippen LogP contribution < -0.4 is 0 Å². The standard InChI is InChI=1S/C6H9N3O2/c1-4-2-6(10)11-5(4)3-8-9-7/h4-5H,2-3H2,1H3/t4-,5+/m0/s1. The number of nitrogens with zero attached hydrogens (tertiary/aromatic N) is 3. The molecule has 1 aliphatic heterocycles. The second kappa shape index (κ2) is 3.25. The molecule has 1 heterocycles. The van der Waals surface area contributed by atoms with Gasteiger partial charge in [-0.25, -0.2) is 0 Å². The van der Waals surface area contributed by atoms with Gasteiger partial charge in [-0.1, -0.05) is 12.0 Å². The van der Waals surface area contributed by atoms with Gasteiger partial charge in [-0.05, 0) is 5.53 Å². The van der Waals surface area contributed by atoms with E-state index in [-0.39, 0.29) is 24.5 Å². The Kier molecular flexibility index (Phi) is 2.33. The zero-order valence-electron chi connectivity index (χ0n) is 6.23. The van der Waals surface area contributed by atoms with Gasteiger partial charge in [0.25, 0.3) is 0 Å². The third kappa shape index (κ3) is 1.85. The second-order valence-electron chi connectivity index (χ2n) is 2.62. The number of azide groups is 1. The first-order valence-corrected chi connectivity index (χ1v) is 3.44. The Morgan fingerprint density at radius 1 is 1.91 bits per heavy atom. The smallest absolute Gasteiger partial charge is 0.306 e. The van der Waals surface area contributed by atoms with Gasteiger partial charge in [-0.15, -0.1) is 0 Å². The topological polar surface area (TPSA) is 75.1 Å². The van der Waals surface area contributed by atoms with E-state index in [4.69, 9.17) is 10.3 Å². The van der Waals surface area contributed by atoms with Crippen molar-refractivity contribution in [1.82, 2.24) is 0 Å². The normalized spacial score (nSPS) is 29.4. The molecule has 0 bridgehead atoms. The summed E-state index contributed by atoms with van der Waals surface area (Å²) in [4.78, 5) is 13.3. The number of rotatable bonds is 2. The summed E-state index contributed by atoms with van der Waals surface area (Å²) >= 11 is 0. The lowest BCUT2D eigenvalue weighted by Crippen LogP contribution is -2.16. The number of carbonyl (C=O) groups is 1. The van der Waals surface area contributed by atoms with Crippen LogP contribution in [0.15, 0.2) is 5.11 Å². The van der Waals surface area contributed by atoms with Crippen molar-refractivity contribution >= 4 is 5.97 Å². The van der Waals surface area contributed by atoms with E-state index in [0.29, 0.717) is 6.42 Å². The molecular weight excluding hydrogens is 146 g/mol. The molecule has 0 amide bonds. The van der Waals surface area contributed by atoms with Crippen LogP contribution in [0.2, 0.25) is 0 Å². The van der Waals surface area contributed by atoms with Crippen molar-refractivity contribution in [2.24, 2.45) is 11.0 Å². The van der Waals surface area contributed by atoms with Crippen LogP contribution in [0.1, 0.15) is 13.3 Å². The summed E-state index contributed by atoms with van der Waals surface area (Å²) in [6, 6.07) is 0. The van der Waals surface area contributed by atoms with Gasteiger partial charge in [0.2, 0.25) is 0 Å².